The SMILES string of the molecule is CC1CCC(n2c(CCl)nc3ccc(C#N)cc32)C1. The van der Waals surface area contributed by atoms with E-state index >= 15 is 0 Å². The van der Waals surface area contributed by atoms with Gasteiger partial charge in [-0.15, -0.1) is 11.6 Å². The van der Waals surface area contributed by atoms with E-state index in [9.17, 15) is 0 Å². The number of rotatable bonds is 2. The molecule has 1 aromatic carbocycles. The smallest absolute Gasteiger partial charge is 0.125 e. The van der Waals surface area contributed by atoms with Gasteiger partial charge < -0.3 is 4.57 Å². The minimum Gasteiger partial charge on any atom is -0.324 e. The number of hydrogen-bond donors (Lipinski definition) is 0. The summed E-state index contributed by atoms with van der Waals surface area (Å²) in [6.45, 7) is 2.29. The summed E-state index contributed by atoms with van der Waals surface area (Å²) in [6, 6.07) is 8.34. The molecule has 0 aliphatic heterocycles. The first-order valence-electron chi connectivity index (χ1n) is 6.70. The molecule has 98 valence electrons. The highest BCUT2D eigenvalue weighted by Crippen LogP contribution is 2.37. The van der Waals surface area contributed by atoms with E-state index in [-0.39, 0.29) is 0 Å². The molecule has 0 spiro atoms. The zero-order chi connectivity index (χ0) is 13.4. The van der Waals surface area contributed by atoms with Crippen molar-refractivity contribution >= 4 is 22.6 Å². The maximum atomic E-state index is 9.05. The van der Waals surface area contributed by atoms with Crippen molar-refractivity contribution in [3.05, 3.63) is 29.6 Å². The lowest BCUT2D eigenvalue weighted by Gasteiger charge is -2.16. The van der Waals surface area contributed by atoms with E-state index in [2.05, 4.69) is 22.5 Å². The number of benzene rings is 1. The quantitative estimate of drug-likeness (QED) is 0.776. The molecular weight excluding hydrogens is 258 g/mol. The molecule has 2 unspecified atom stereocenters. The standard InChI is InChI=1S/C15H16ClN3/c1-10-2-4-12(6-10)19-14-7-11(9-17)3-5-13(14)18-15(19)8-16/h3,5,7,10,12H,2,4,6,8H2,1H3. The molecule has 3 rings (SSSR count). The van der Waals surface area contributed by atoms with Gasteiger partial charge in [0.25, 0.3) is 0 Å². The normalized spacial score (nSPS) is 22.8. The monoisotopic (exact) mass is 273 g/mol. The molecule has 1 aliphatic carbocycles. The number of halogens is 1. The molecule has 0 amide bonds. The number of alkyl halides is 1. The minimum absolute atomic E-state index is 0.418. The van der Waals surface area contributed by atoms with Crippen molar-refractivity contribution in [1.82, 2.24) is 9.55 Å². The van der Waals surface area contributed by atoms with E-state index in [1.807, 2.05) is 18.2 Å². The maximum Gasteiger partial charge on any atom is 0.125 e. The lowest BCUT2D eigenvalue weighted by atomic mass is 10.1. The largest absolute Gasteiger partial charge is 0.324 e. The van der Waals surface area contributed by atoms with Crippen LogP contribution in [-0.4, -0.2) is 9.55 Å². The fourth-order valence-corrected chi connectivity index (χ4v) is 3.31. The van der Waals surface area contributed by atoms with Gasteiger partial charge in [0, 0.05) is 6.04 Å². The van der Waals surface area contributed by atoms with Crippen LogP contribution in [0.5, 0.6) is 0 Å². The summed E-state index contributed by atoms with van der Waals surface area (Å²) in [6.07, 6.45) is 3.60. The van der Waals surface area contributed by atoms with Gasteiger partial charge >= 0.3 is 0 Å². The third kappa shape index (κ3) is 2.11. The van der Waals surface area contributed by atoms with Gasteiger partial charge in [0.05, 0.1) is 28.5 Å². The van der Waals surface area contributed by atoms with Crippen LogP contribution in [0.25, 0.3) is 11.0 Å². The molecule has 0 N–H and O–H groups in total. The molecule has 1 fully saturated rings. The zero-order valence-corrected chi connectivity index (χ0v) is 11.7. The Hall–Kier alpha value is -1.53. The molecule has 3 nitrogen and oxygen atoms in total. The van der Waals surface area contributed by atoms with Crippen LogP contribution in [0.4, 0.5) is 0 Å². The minimum atomic E-state index is 0.418. The van der Waals surface area contributed by atoms with Gasteiger partial charge in [0.2, 0.25) is 0 Å². The van der Waals surface area contributed by atoms with Crippen LogP contribution in [0.15, 0.2) is 18.2 Å². The number of fused-ring (bicyclic) bond motifs is 1. The highest BCUT2D eigenvalue weighted by Gasteiger charge is 2.26. The number of aromatic nitrogens is 2. The van der Waals surface area contributed by atoms with Gasteiger partial charge in [-0.3, -0.25) is 0 Å². The van der Waals surface area contributed by atoms with Crippen LogP contribution in [0.1, 0.15) is 43.6 Å². The predicted octanol–water partition coefficient (Wildman–Crippen LogP) is 4.01. The topological polar surface area (TPSA) is 41.6 Å². The Balaban J connectivity index is 2.17. The van der Waals surface area contributed by atoms with Gasteiger partial charge in [-0.2, -0.15) is 5.26 Å². The van der Waals surface area contributed by atoms with Crippen LogP contribution >= 0.6 is 11.6 Å². The molecule has 2 atom stereocenters. The molecule has 1 saturated carbocycles. The van der Waals surface area contributed by atoms with Crippen LogP contribution in [-0.2, 0) is 5.88 Å². The summed E-state index contributed by atoms with van der Waals surface area (Å²) >= 11 is 6.04. The average molecular weight is 274 g/mol. The van der Waals surface area contributed by atoms with Gasteiger partial charge in [-0.25, -0.2) is 4.98 Å². The van der Waals surface area contributed by atoms with E-state index in [1.54, 1.807) is 0 Å². The summed E-state index contributed by atoms with van der Waals surface area (Å²) < 4.78 is 2.26. The molecule has 0 saturated heterocycles. The van der Waals surface area contributed by atoms with E-state index in [1.165, 1.54) is 19.3 Å². The Morgan fingerprint density at radius 3 is 2.95 bits per heavy atom. The highest BCUT2D eigenvalue weighted by molar-refractivity contribution is 6.16. The Bertz CT molecular complexity index is 653. The second kappa shape index (κ2) is 4.86. The van der Waals surface area contributed by atoms with Crippen LogP contribution in [0.3, 0.4) is 0 Å². The van der Waals surface area contributed by atoms with Crippen LogP contribution in [0, 0.1) is 17.2 Å². The van der Waals surface area contributed by atoms with Crippen molar-refractivity contribution in [2.24, 2.45) is 5.92 Å². The number of hydrogen-bond acceptors (Lipinski definition) is 2. The molecular formula is C15H16ClN3. The van der Waals surface area contributed by atoms with Crippen molar-refractivity contribution in [1.29, 1.82) is 5.26 Å². The number of imidazole rings is 1. The van der Waals surface area contributed by atoms with Crippen molar-refractivity contribution in [2.75, 3.05) is 0 Å². The second-order valence-electron chi connectivity index (χ2n) is 5.42. The summed E-state index contributed by atoms with van der Waals surface area (Å²) in [5.41, 5.74) is 2.67. The van der Waals surface area contributed by atoms with E-state index in [0.29, 0.717) is 17.5 Å². The summed E-state index contributed by atoms with van der Waals surface area (Å²) in [4.78, 5) is 4.60. The molecule has 1 heterocycles. The molecule has 19 heavy (non-hydrogen) atoms. The zero-order valence-electron chi connectivity index (χ0n) is 10.9. The molecule has 4 heteroatoms. The summed E-state index contributed by atoms with van der Waals surface area (Å²) in [5.74, 6) is 2.09. The van der Waals surface area contributed by atoms with Gasteiger partial charge in [-0.05, 0) is 43.4 Å². The Kier molecular flexibility index (Phi) is 3.20. The van der Waals surface area contributed by atoms with Gasteiger partial charge in [0.15, 0.2) is 0 Å². The number of nitrogens with zero attached hydrogens (tertiary/aromatic N) is 3. The Morgan fingerprint density at radius 2 is 2.32 bits per heavy atom. The van der Waals surface area contributed by atoms with E-state index < -0.39 is 0 Å². The van der Waals surface area contributed by atoms with Crippen LogP contribution < -0.4 is 0 Å². The third-order valence-corrected chi connectivity index (χ3v) is 4.28. The maximum absolute atomic E-state index is 9.05. The summed E-state index contributed by atoms with van der Waals surface area (Å²) in [7, 11) is 0. The van der Waals surface area contributed by atoms with Crippen molar-refractivity contribution in [3.63, 3.8) is 0 Å². The van der Waals surface area contributed by atoms with Crippen molar-refractivity contribution in [2.45, 2.75) is 38.1 Å². The highest BCUT2D eigenvalue weighted by atomic mass is 35.5. The number of nitriles is 1. The first-order chi connectivity index (χ1) is 9.22. The van der Waals surface area contributed by atoms with E-state index in [4.69, 9.17) is 16.9 Å². The lowest BCUT2D eigenvalue weighted by Crippen LogP contribution is -2.08. The lowest BCUT2D eigenvalue weighted by molar-refractivity contribution is 0.494. The molecule has 1 aromatic heterocycles. The Morgan fingerprint density at radius 1 is 1.47 bits per heavy atom. The summed E-state index contributed by atoms with van der Waals surface area (Å²) in [5, 5.41) is 9.05. The molecule has 0 radical (unpaired) electrons. The first kappa shape index (κ1) is 12.5. The Labute approximate surface area is 117 Å². The second-order valence-corrected chi connectivity index (χ2v) is 5.69. The van der Waals surface area contributed by atoms with Crippen molar-refractivity contribution in [3.8, 4) is 6.07 Å². The molecule has 2 aromatic rings. The van der Waals surface area contributed by atoms with Gasteiger partial charge in [0.1, 0.15) is 5.82 Å². The fourth-order valence-electron chi connectivity index (χ4n) is 3.13. The third-order valence-electron chi connectivity index (χ3n) is 4.04. The predicted molar refractivity (Wildman–Crippen MR) is 76.1 cm³/mol. The van der Waals surface area contributed by atoms with Crippen molar-refractivity contribution < 1.29 is 0 Å². The average Bonchev–Trinajstić information content (AvgIpc) is 3.00. The van der Waals surface area contributed by atoms with Crippen LogP contribution in [0.2, 0.25) is 0 Å². The molecule has 1 aliphatic rings. The van der Waals surface area contributed by atoms with Gasteiger partial charge in [-0.1, -0.05) is 6.92 Å². The fraction of sp³-hybridized carbons (Fsp3) is 0.467. The molecule has 0 bridgehead atoms. The first-order valence-corrected chi connectivity index (χ1v) is 7.23. The van der Waals surface area contributed by atoms with E-state index in [0.717, 1.165) is 22.8 Å².